The first-order valence-corrected chi connectivity index (χ1v) is 4.04. The highest BCUT2D eigenvalue weighted by Gasteiger charge is 2.26. The molecule has 0 saturated heterocycles. The Bertz CT molecular complexity index is 157. The van der Waals surface area contributed by atoms with Crippen LogP contribution in [0.25, 0.3) is 0 Å². The Kier molecular flexibility index (Phi) is 3.95. The Labute approximate surface area is 77.7 Å². The minimum absolute atomic E-state index is 0.125. The Morgan fingerprint density at radius 3 is 2.18 bits per heavy atom. The summed E-state index contributed by atoms with van der Waals surface area (Å²) >= 11 is 1.52. The van der Waals surface area contributed by atoms with Crippen molar-refractivity contribution in [3.8, 4) is 0 Å². The number of carbonyl (C=O) groups excluding carboxylic acids is 1. The zero-order valence-electron chi connectivity index (χ0n) is 6.00. The van der Waals surface area contributed by atoms with Crippen molar-refractivity contribution in [3.63, 3.8) is 0 Å². The third-order valence-corrected chi connectivity index (χ3v) is 1.43. The molecule has 0 aromatic carbocycles. The quantitative estimate of drug-likeness (QED) is 0.579. The summed E-state index contributed by atoms with van der Waals surface area (Å²) in [6, 6.07) is 0. The van der Waals surface area contributed by atoms with E-state index >= 15 is 0 Å². The van der Waals surface area contributed by atoms with E-state index in [1.54, 1.807) is 0 Å². The molecule has 11 heavy (non-hydrogen) atoms. The van der Waals surface area contributed by atoms with Crippen LogP contribution in [0, 0.1) is 0 Å². The Morgan fingerprint density at radius 1 is 1.45 bits per heavy atom. The summed E-state index contributed by atoms with van der Waals surface area (Å²) in [5.74, 6) is -1.10. The topological polar surface area (TPSA) is 74.6 Å². The highest BCUT2D eigenvalue weighted by atomic mass is 127. The summed E-state index contributed by atoms with van der Waals surface area (Å²) in [7, 11) is 0. The number of hydrogen-bond acceptors (Lipinski definition) is 3. The van der Waals surface area contributed by atoms with Crippen LogP contribution in [0.1, 0.15) is 19.8 Å². The molecule has 0 bridgehead atoms. The van der Waals surface area contributed by atoms with Gasteiger partial charge < -0.3 is 10.2 Å². The predicted octanol–water partition coefficient (Wildman–Crippen LogP) is 0.564. The van der Waals surface area contributed by atoms with E-state index in [9.17, 15) is 14.7 Å². The maximum atomic E-state index is 10.5. The fourth-order valence-electron chi connectivity index (χ4n) is 0.688. The Hall–Kier alpha value is -0.170. The molecular formula is C6H9IO4. The van der Waals surface area contributed by atoms with Gasteiger partial charge in [-0.25, -0.2) is 0 Å². The molecule has 0 aliphatic rings. The smallest absolute Gasteiger partial charge is 0.306 e. The molecule has 0 aliphatic carbocycles. The molecule has 64 valence electrons. The van der Waals surface area contributed by atoms with Crippen LogP contribution in [-0.2, 0) is 9.59 Å². The van der Waals surface area contributed by atoms with E-state index in [1.165, 1.54) is 29.5 Å². The minimum atomic E-state index is -1.41. The van der Waals surface area contributed by atoms with Crippen molar-refractivity contribution in [1.29, 1.82) is 0 Å². The molecule has 5 heteroatoms. The molecule has 0 aromatic heterocycles. The molecule has 1 atom stereocenters. The van der Waals surface area contributed by atoms with Gasteiger partial charge >= 0.3 is 5.97 Å². The van der Waals surface area contributed by atoms with Crippen molar-refractivity contribution >= 4 is 32.4 Å². The van der Waals surface area contributed by atoms with Gasteiger partial charge in [-0.3, -0.25) is 9.59 Å². The summed E-state index contributed by atoms with van der Waals surface area (Å²) < 4.78 is -0.242. The van der Waals surface area contributed by atoms with Gasteiger partial charge in [0.15, 0.2) is 3.79 Å². The number of aliphatic hydroxyl groups is 1. The number of carbonyl (C=O) groups is 2. The van der Waals surface area contributed by atoms with Crippen molar-refractivity contribution in [3.05, 3.63) is 0 Å². The van der Waals surface area contributed by atoms with Gasteiger partial charge in [0, 0.05) is 6.42 Å². The van der Waals surface area contributed by atoms with Gasteiger partial charge in [0.2, 0.25) is 0 Å². The monoisotopic (exact) mass is 272 g/mol. The van der Waals surface area contributed by atoms with Gasteiger partial charge in [-0.2, -0.15) is 0 Å². The lowest BCUT2D eigenvalue weighted by Crippen LogP contribution is -2.29. The third-order valence-electron chi connectivity index (χ3n) is 1.05. The molecule has 0 aromatic rings. The van der Waals surface area contributed by atoms with Crippen molar-refractivity contribution in [1.82, 2.24) is 0 Å². The Balaban J connectivity index is 3.99. The highest BCUT2D eigenvalue weighted by Crippen LogP contribution is 2.16. The lowest BCUT2D eigenvalue weighted by Gasteiger charge is -2.17. The van der Waals surface area contributed by atoms with Crippen molar-refractivity contribution in [2.75, 3.05) is 0 Å². The summed E-state index contributed by atoms with van der Waals surface area (Å²) in [6.45, 7) is 1.33. The highest BCUT2D eigenvalue weighted by molar-refractivity contribution is 14.1. The van der Waals surface area contributed by atoms with E-state index in [4.69, 9.17) is 5.11 Å². The molecule has 0 aliphatic heterocycles. The van der Waals surface area contributed by atoms with Crippen LogP contribution in [-0.4, -0.2) is 25.6 Å². The molecule has 0 saturated carbocycles. The van der Waals surface area contributed by atoms with Gasteiger partial charge in [0.25, 0.3) is 0 Å². The lowest BCUT2D eigenvalue weighted by molar-refractivity contribution is -0.142. The molecule has 4 nitrogen and oxygen atoms in total. The zero-order valence-corrected chi connectivity index (χ0v) is 8.16. The number of hydrogen-bond donors (Lipinski definition) is 2. The second-order valence-corrected chi connectivity index (χ2v) is 3.80. The molecule has 0 unspecified atom stereocenters. The number of carboxylic acids is 1. The number of aliphatic carboxylic acids is 1. The molecule has 0 spiro atoms. The first-order valence-electron chi connectivity index (χ1n) is 2.96. The first kappa shape index (κ1) is 10.8. The van der Waals surface area contributed by atoms with Crippen LogP contribution in [0.5, 0.6) is 0 Å². The zero-order chi connectivity index (χ0) is 9.07. The third kappa shape index (κ3) is 6.24. The van der Waals surface area contributed by atoms with Crippen molar-refractivity contribution < 1.29 is 19.8 Å². The first-order chi connectivity index (χ1) is 4.83. The molecule has 0 amide bonds. The van der Waals surface area contributed by atoms with E-state index in [-0.39, 0.29) is 10.2 Å². The van der Waals surface area contributed by atoms with Gasteiger partial charge in [0.05, 0.1) is 12.0 Å². The summed E-state index contributed by atoms with van der Waals surface area (Å²) in [4.78, 5) is 20.6. The van der Waals surface area contributed by atoms with Crippen LogP contribution in [0.15, 0.2) is 0 Å². The van der Waals surface area contributed by atoms with Crippen molar-refractivity contribution in [2.24, 2.45) is 0 Å². The maximum Gasteiger partial charge on any atom is 0.306 e. The maximum absolute atomic E-state index is 10.5. The van der Waals surface area contributed by atoms with E-state index in [0.29, 0.717) is 0 Å². The van der Waals surface area contributed by atoms with Crippen LogP contribution in [0.3, 0.4) is 0 Å². The van der Waals surface area contributed by atoms with Crippen LogP contribution in [0.4, 0.5) is 0 Å². The molecule has 0 radical (unpaired) electrons. The summed E-state index contributed by atoms with van der Waals surface area (Å²) in [5.41, 5.74) is -1.41. The van der Waals surface area contributed by atoms with Gasteiger partial charge in [0.1, 0.15) is 0 Å². The van der Waals surface area contributed by atoms with Crippen LogP contribution < -0.4 is 0 Å². The second-order valence-electron chi connectivity index (χ2n) is 2.60. The Morgan fingerprint density at radius 2 is 1.91 bits per heavy atom. The van der Waals surface area contributed by atoms with Gasteiger partial charge in [-0.1, -0.05) is 0 Å². The summed E-state index contributed by atoms with van der Waals surface area (Å²) in [6.07, 6.45) is -0.526. The second kappa shape index (κ2) is 4.01. The van der Waals surface area contributed by atoms with Crippen molar-refractivity contribution in [2.45, 2.75) is 25.4 Å². The van der Waals surface area contributed by atoms with E-state index in [1.807, 2.05) is 0 Å². The largest absolute Gasteiger partial charge is 0.481 e. The molecule has 0 heterocycles. The molecule has 0 rings (SSSR count). The number of rotatable bonds is 4. The van der Waals surface area contributed by atoms with E-state index < -0.39 is 18.0 Å². The summed E-state index contributed by atoms with van der Waals surface area (Å²) in [5, 5.41) is 17.5. The van der Waals surface area contributed by atoms with Crippen LogP contribution in [0.2, 0.25) is 0 Å². The van der Waals surface area contributed by atoms with Gasteiger partial charge in [-0.05, 0) is 29.5 Å². The molecule has 0 fully saturated rings. The number of halogens is 1. The fourth-order valence-corrected chi connectivity index (χ4v) is 1.51. The fraction of sp³-hybridized carbons (Fsp3) is 0.667. The molecular weight excluding hydrogens is 263 g/mol. The van der Waals surface area contributed by atoms with Gasteiger partial charge in [-0.15, -0.1) is 0 Å². The van der Waals surface area contributed by atoms with E-state index in [2.05, 4.69) is 0 Å². The average Bonchev–Trinajstić information content (AvgIpc) is 1.53. The minimum Gasteiger partial charge on any atom is -0.481 e. The van der Waals surface area contributed by atoms with E-state index in [0.717, 1.165) is 0 Å². The molecule has 2 N–H and O–H groups in total. The SMILES string of the molecule is C[C@](O)(CC(=O)O)CC(=O)I. The average molecular weight is 272 g/mol. The normalized spacial score (nSPS) is 15.5. The number of carboxylic acid groups (broad SMARTS) is 1. The standard InChI is InChI=1S/C6H9IO4/c1-6(11,2-4(7)8)3-5(9)10/h11H,2-3H2,1H3,(H,9,10)/t6-/m1/s1. The lowest BCUT2D eigenvalue weighted by atomic mass is 9.99. The predicted molar refractivity (Wildman–Crippen MR) is 46.5 cm³/mol. The van der Waals surface area contributed by atoms with Crippen LogP contribution >= 0.6 is 22.6 Å².